The number of fused-ring (bicyclic) bond motifs is 1. The molecule has 0 aliphatic carbocycles. The van der Waals surface area contributed by atoms with Gasteiger partial charge in [0.15, 0.2) is 0 Å². The molecule has 0 atom stereocenters. The molecule has 34 heavy (non-hydrogen) atoms. The highest BCUT2D eigenvalue weighted by Gasteiger charge is 2.15. The summed E-state index contributed by atoms with van der Waals surface area (Å²) in [6, 6.07) is 17.6. The van der Waals surface area contributed by atoms with Crippen LogP contribution in [0.1, 0.15) is 25.0 Å². The van der Waals surface area contributed by atoms with E-state index in [1.54, 1.807) is 31.6 Å². The number of halogens is 1. The number of allylic oxidation sites excluding steroid dienone is 1. The number of furan rings is 1. The van der Waals surface area contributed by atoms with Gasteiger partial charge in [0.05, 0.1) is 20.0 Å². The van der Waals surface area contributed by atoms with Crippen molar-refractivity contribution in [1.82, 2.24) is 5.32 Å². The zero-order chi connectivity index (χ0) is 24.1. The Hall–Kier alpha value is -4.06. The first-order valence-electron chi connectivity index (χ1n) is 11.0. The van der Waals surface area contributed by atoms with Crippen molar-refractivity contribution in [2.75, 3.05) is 13.7 Å². The van der Waals surface area contributed by atoms with Crippen molar-refractivity contribution in [2.45, 2.75) is 20.4 Å². The molecule has 0 unspecified atom stereocenters. The molecule has 1 N–H and O–H groups in total. The second-order valence-corrected chi connectivity index (χ2v) is 7.83. The van der Waals surface area contributed by atoms with Gasteiger partial charge in [0.25, 0.3) is 0 Å². The molecule has 0 saturated carbocycles. The van der Waals surface area contributed by atoms with Crippen molar-refractivity contribution in [1.29, 1.82) is 0 Å². The fourth-order valence-corrected chi connectivity index (χ4v) is 3.75. The third-order valence-corrected chi connectivity index (χ3v) is 5.53. The zero-order valence-corrected chi connectivity index (χ0v) is 19.4. The number of nitrogens with one attached hydrogen (secondary N) is 1. The molecule has 174 valence electrons. The van der Waals surface area contributed by atoms with Crippen LogP contribution in [0.3, 0.4) is 0 Å². The first kappa shape index (κ1) is 23.1. The molecule has 1 aromatic heterocycles. The minimum absolute atomic E-state index is 0.207. The van der Waals surface area contributed by atoms with Gasteiger partial charge >= 0.3 is 0 Å². The normalized spacial score (nSPS) is 11.5. The summed E-state index contributed by atoms with van der Waals surface area (Å²) in [7, 11) is 1.62. The molecule has 1 amide bonds. The molecule has 0 aliphatic rings. The van der Waals surface area contributed by atoms with Gasteiger partial charge in [0.2, 0.25) is 5.91 Å². The molecule has 0 saturated heterocycles. The number of hydrogen-bond donors (Lipinski definition) is 1. The second kappa shape index (κ2) is 10.3. The third kappa shape index (κ3) is 5.12. The molecule has 4 aromatic rings. The van der Waals surface area contributed by atoms with E-state index < -0.39 is 0 Å². The highest BCUT2D eigenvalue weighted by molar-refractivity contribution is 6.00. The Bertz CT molecular complexity index is 1320. The van der Waals surface area contributed by atoms with E-state index in [0.29, 0.717) is 24.5 Å². The average molecular weight is 460 g/mol. The summed E-state index contributed by atoms with van der Waals surface area (Å²) in [5, 5.41) is 3.77. The van der Waals surface area contributed by atoms with Crippen LogP contribution in [0.15, 0.2) is 77.4 Å². The Kier molecular flexibility index (Phi) is 6.97. The monoisotopic (exact) mass is 459 g/mol. The van der Waals surface area contributed by atoms with Crippen molar-refractivity contribution in [3.05, 3.63) is 89.9 Å². The molecule has 6 heteroatoms. The summed E-state index contributed by atoms with van der Waals surface area (Å²) in [6.45, 7) is 4.65. The summed E-state index contributed by atoms with van der Waals surface area (Å²) in [6.07, 6.45) is 3.21. The van der Waals surface area contributed by atoms with Gasteiger partial charge in [-0.2, -0.15) is 0 Å². The Morgan fingerprint density at radius 1 is 1.09 bits per heavy atom. The predicted octanol–water partition coefficient (Wildman–Crippen LogP) is 6.37. The maximum atomic E-state index is 13.4. The summed E-state index contributed by atoms with van der Waals surface area (Å²) >= 11 is 0. The molecule has 4 rings (SSSR count). The summed E-state index contributed by atoms with van der Waals surface area (Å²) in [4.78, 5) is 12.6. The van der Waals surface area contributed by atoms with Crippen LogP contribution in [-0.2, 0) is 11.3 Å². The number of hydrogen-bond acceptors (Lipinski definition) is 4. The van der Waals surface area contributed by atoms with Gasteiger partial charge in [-0.05, 0) is 60.9 Å². The van der Waals surface area contributed by atoms with Gasteiger partial charge < -0.3 is 19.2 Å². The maximum Gasteiger partial charge on any atom is 0.244 e. The standard InChI is InChI=1S/C28H26FNO4/c1-4-33-26-15-27-24(25(17-34-27)20-7-9-21(29)10-8-20)14-23(26)18(2)13-28(31)30-16-19-5-11-22(32-3)12-6-19/h5-15,17H,4,16H2,1-3H3,(H,30,31)/b18-13+. The van der Waals surface area contributed by atoms with E-state index in [1.807, 2.05) is 50.2 Å². The molecule has 3 aromatic carbocycles. The first-order valence-corrected chi connectivity index (χ1v) is 11.0. The third-order valence-electron chi connectivity index (χ3n) is 5.53. The lowest BCUT2D eigenvalue weighted by atomic mass is 9.99. The average Bonchev–Trinajstić information content (AvgIpc) is 3.26. The van der Waals surface area contributed by atoms with Crippen LogP contribution >= 0.6 is 0 Å². The lowest BCUT2D eigenvalue weighted by molar-refractivity contribution is -0.116. The van der Waals surface area contributed by atoms with E-state index in [1.165, 1.54) is 12.1 Å². The number of amides is 1. The summed E-state index contributed by atoms with van der Waals surface area (Å²) in [5.41, 5.74) is 4.86. The highest BCUT2D eigenvalue weighted by atomic mass is 19.1. The number of carbonyl (C=O) groups is 1. The van der Waals surface area contributed by atoms with E-state index in [0.717, 1.165) is 39.0 Å². The topological polar surface area (TPSA) is 60.7 Å². The minimum atomic E-state index is -0.296. The van der Waals surface area contributed by atoms with Crippen LogP contribution in [-0.4, -0.2) is 19.6 Å². The van der Waals surface area contributed by atoms with Crippen LogP contribution in [0.25, 0.3) is 27.7 Å². The maximum absolute atomic E-state index is 13.4. The fraction of sp³-hybridized carbons (Fsp3) is 0.179. The first-order chi connectivity index (χ1) is 16.5. The minimum Gasteiger partial charge on any atom is -0.497 e. The van der Waals surface area contributed by atoms with Crippen LogP contribution in [0, 0.1) is 5.82 Å². The number of benzene rings is 3. The van der Waals surface area contributed by atoms with Crippen molar-refractivity contribution >= 4 is 22.4 Å². The van der Waals surface area contributed by atoms with Crippen molar-refractivity contribution in [3.8, 4) is 22.6 Å². The Labute approximate surface area is 197 Å². The van der Waals surface area contributed by atoms with Crippen molar-refractivity contribution in [3.63, 3.8) is 0 Å². The smallest absolute Gasteiger partial charge is 0.244 e. The number of methoxy groups -OCH3 is 1. The van der Waals surface area contributed by atoms with E-state index in [4.69, 9.17) is 13.9 Å². The van der Waals surface area contributed by atoms with Gasteiger partial charge in [-0.1, -0.05) is 24.3 Å². The number of ether oxygens (including phenoxy) is 2. The van der Waals surface area contributed by atoms with Gasteiger partial charge in [-0.25, -0.2) is 4.39 Å². The zero-order valence-electron chi connectivity index (χ0n) is 19.4. The summed E-state index contributed by atoms with van der Waals surface area (Å²) in [5.74, 6) is 0.896. The van der Waals surface area contributed by atoms with Crippen molar-refractivity contribution in [2.24, 2.45) is 0 Å². The van der Waals surface area contributed by atoms with Crippen LogP contribution < -0.4 is 14.8 Å². The number of carbonyl (C=O) groups excluding carboxylic acids is 1. The van der Waals surface area contributed by atoms with Crippen LogP contribution in [0.5, 0.6) is 11.5 Å². The lowest BCUT2D eigenvalue weighted by Gasteiger charge is -2.12. The van der Waals surface area contributed by atoms with Gasteiger partial charge in [-0.3, -0.25) is 4.79 Å². The molecule has 0 spiro atoms. The SMILES string of the molecule is CCOc1cc2occ(-c3ccc(F)cc3)c2cc1/C(C)=C/C(=O)NCc1ccc(OC)cc1. The van der Waals surface area contributed by atoms with Gasteiger partial charge in [0, 0.05) is 35.2 Å². The molecule has 5 nitrogen and oxygen atoms in total. The molecule has 0 aliphatic heterocycles. The Morgan fingerprint density at radius 3 is 2.50 bits per heavy atom. The van der Waals surface area contributed by atoms with E-state index in [-0.39, 0.29) is 11.7 Å². The summed E-state index contributed by atoms with van der Waals surface area (Å²) < 4.78 is 30.1. The molecular formula is C28H26FNO4. The van der Waals surface area contributed by atoms with E-state index in [9.17, 15) is 9.18 Å². The van der Waals surface area contributed by atoms with Crippen molar-refractivity contribution < 1.29 is 23.1 Å². The Balaban J connectivity index is 1.61. The van der Waals surface area contributed by atoms with E-state index >= 15 is 0 Å². The van der Waals surface area contributed by atoms with Crippen LogP contribution in [0.4, 0.5) is 4.39 Å². The number of rotatable bonds is 8. The van der Waals surface area contributed by atoms with Gasteiger partial charge in [-0.15, -0.1) is 0 Å². The molecule has 0 radical (unpaired) electrons. The fourth-order valence-electron chi connectivity index (χ4n) is 3.75. The van der Waals surface area contributed by atoms with Crippen LogP contribution in [0.2, 0.25) is 0 Å². The highest BCUT2D eigenvalue weighted by Crippen LogP contribution is 2.37. The van der Waals surface area contributed by atoms with Gasteiger partial charge in [0.1, 0.15) is 22.9 Å². The lowest BCUT2D eigenvalue weighted by Crippen LogP contribution is -2.20. The predicted molar refractivity (Wildman–Crippen MR) is 131 cm³/mol. The quantitative estimate of drug-likeness (QED) is 0.311. The molecule has 0 bridgehead atoms. The Morgan fingerprint density at radius 2 is 1.82 bits per heavy atom. The second-order valence-electron chi connectivity index (χ2n) is 7.83. The molecule has 0 fully saturated rings. The largest absolute Gasteiger partial charge is 0.497 e. The molecule has 1 heterocycles. The molecular weight excluding hydrogens is 433 g/mol. The van der Waals surface area contributed by atoms with E-state index in [2.05, 4.69) is 5.32 Å².